The topological polar surface area (TPSA) is 124 Å². The van der Waals surface area contributed by atoms with E-state index in [0.717, 1.165) is 91.9 Å². The first-order valence-corrected chi connectivity index (χ1v) is 27.3. The van der Waals surface area contributed by atoms with Gasteiger partial charge >= 0.3 is 5.97 Å². The van der Waals surface area contributed by atoms with E-state index in [0.29, 0.717) is 38.1 Å². The number of fused-ring (bicyclic) bond motifs is 4. The molecular weight excluding hydrogens is 900 g/mol. The number of esters is 1. The number of unbranched alkanes of at least 4 members (excludes halogenated alkanes) is 3. The van der Waals surface area contributed by atoms with E-state index >= 15 is 0 Å². The molecule has 0 amide bonds. The highest BCUT2D eigenvalue weighted by Crippen LogP contribution is 2.61. The number of benzene rings is 2. The molecule has 6 heterocycles. The number of carbonyl (C=O) groups excluding carboxylic acids is 1. The third-order valence-electron chi connectivity index (χ3n) is 16.6. The van der Waals surface area contributed by atoms with Gasteiger partial charge in [0.2, 0.25) is 17.8 Å². The van der Waals surface area contributed by atoms with Gasteiger partial charge < -0.3 is 19.1 Å². The third-order valence-corrected chi connectivity index (χ3v) is 17.9. The fourth-order valence-electron chi connectivity index (χ4n) is 12.8. The van der Waals surface area contributed by atoms with Crippen LogP contribution in [-0.4, -0.2) is 72.0 Å². The number of anilines is 1. The van der Waals surface area contributed by atoms with Crippen LogP contribution in [0, 0.1) is 23.7 Å². The van der Waals surface area contributed by atoms with Gasteiger partial charge in [0.15, 0.2) is 17.6 Å². The maximum absolute atomic E-state index is 13.4. The molecule has 0 aromatic heterocycles. The van der Waals surface area contributed by atoms with Crippen LogP contribution in [0.1, 0.15) is 143 Å². The summed E-state index contributed by atoms with van der Waals surface area (Å²) >= 11 is 7.31. The number of hydrogen-bond acceptors (Lipinski definition) is 9. The lowest BCUT2D eigenvalue weighted by atomic mass is 9.58. The fraction of sp³-hybridized carbons (Fsp3) is 0.600. The molecule has 1 spiro atoms. The number of halogens is 1. The Kier molecular flexibility index (Phi) is 13.9. The predicted molar refractivity (Wildman–Crippen MR) is 265 cm³/mol. The monoisotopic (exact) mass is 971 g/mol. The minimum absolute atomic E-state index is 0.0557. The van der Waals surface area contributed by atoms with Crippen LogP contribution in [-0.2, 0) is 49.7 Å². The molecule has 2 aromatic rings. The summed E-state index contributed by atoms with van der Waals surface area (Å²) in [4.78, 5) is 28.0. The van der Waals surface area contributed by atoms with Crippen molar-refractivity contribution >= 4 is 44.8 Å². The molecule has 11 nitrogen and oxygen atoms in total. The second-order valence-corrected chi connectivity index (χ2v) is 23.8. The summed E-state index contributed by atoms with van der Waals surface area (Å²) in [6, 6.07) is 17.1. The quantitative estimate of drug-likeness (QED) is 0.0606. The molecule has 4 saturated heterocycles. The Hall–Kier alpha value is -3.62. The van der Waals surface area contributed by atoms with E-state index in [1.807, 2.05) is 13.0 Å². The van der Waals surface area contributed by atoms with Crippen molar-refractivity contribution in [3.63, 3.8) is 0 Å². The highest BCUT2D eigenvalue weighted by molar-refractivity contribution is 7.85. The number of ether oxygens (including phenoxy) is 3. The van der Waals surface area contributed by atoms with Gasteiger partial charge in [0.1, 0.15) is 6.54 Å². The molecule has 13 heteroatoms. The molecule has 8 atom stereocenters. The first-order valence-electron chi connectivity index (χ1n) is 25.3. The normalized spacial score (nSPS) is 32.8. The zero-order valence-electron chi connectivity index (χ0n) is 41.1. The van der Waals surface area contributed by atoms with Gasteiger partial charge in [-0.1, -0.05) is 87.8 Å². The standard InChI is InChI=1S/C55H71ClN2O9S/c1-36-25-28-41-37(2)50(64-51-55(41)40(36)31-32-54(7,65-51)66-67-55)63-48(59)24-9-8-14-33-57-44-22-12-10-20-42(44)52(3,4)46(57)29-26-38-18-17-19-39(49(38)56)27-30-47-53(5,6)43-21-11-13-23-45(43)58(47)34-15-16-35-68(60,61)62/h10-13,20-23,26-27,29-30,36-37,40-41,50-51H,8-9,14-19,24-25,28,31-35H2,1-7H3/p+1/t36-,37-,40+,41+,50?,51-,54+,55-/m1/s1. The van der Waals surface area contributed by atoms with Crippen molar-refractivity contribution in [2.75, 3.05) is 23.7 Å². The van der Waals surface area contributed by atoms with E-state index < -0.39 is 34.1 Å². The number of rotatable bonds is 15. The van der Waals surface area contributed by atoms with Gasteiger partial charge in [-0.25, -0.2) is 9.78 Å². The van der Waals surface area contributed by atoms with E-state index in [-0.39, 0.29) is 40.3 Å². The van der Waals surface area contributed by atoms with Gasteiger partial charge in [-0.05, 0) is 126 Å². The van der Waals surface area contributed by atoms with Gasteiger partial charge in [-0.15, -0.1) is 0 Å². The van der Waals surface area contributed by atoms with Crippen LogP contribution in [0.25, 0.3) is 0 Å². The number of para-hydroxylation sites is 2. The minimum Gasteiger partial charge on any atom is -0.435 e. The van der Waals surface area contributed by atoms with Gasteiger partial charge in [0, 0.05) is 77.2 Å². The molecule has 1 N–H and O–H groups in total. The second-order valence-electron chi connectivity index (χ2n) is 21.8. The van der Waals surface area contributed by atoms with Crippen molar-refractivity contribution in [1.82, 2.24) is 0 Å². The maximum atomic E-state index is 13.4. The highest BCUT2D eigenvalue weighted by atomic mass is 35.5. The second kappa shape index (κ2) is 19.2. The molecule has 1 saturated carbocycles. The van der Waals surface area contributed by atoms with E-state index in [4.69, 9.17) is 35.6 Å². The van der Waals surface area contributed by atoms with Gasteiger partial charge in [-0.2, -0.15) is 13.0 Å². The summed E-state index contributed by atoms with van der Waals surface area (Å²) < 4.78 is 53.8. The molecule has 1 unspecified atom stereocenters. The molecule has 2 aliphatic carbocycles. The van der Waals surface area contributed by atoms with Crippen molar-refractivity contribution in [1.29, 1.82) is 0 Å². The zero-order chi connectivity index (χ0) is 48.2. The SMILES string of the molecule is C[C@@H]1CC[C@H]2[C@@H](C)C(OC(=O)CCCCC[N+]3=C(C=CC4=C(Cl)C(=CC=C5N(CCCCS(=O)(=O)O)c6ccccc6C5(C)C)CCC4)C(C)(C)c4ccccc43)O[C@@H]3O[C@]4(C)CC[C@@H]1[C@]32OO4. The lowest BCUT2D eigenvalue weighted by Gasteiger charge is -2.59. The van der Waals surface area contributed by atoms with Crippen molar-refractivity contribution in [2.45, 2.75) is 167 Å². The van der Waals surface area contributed by atoms with Crippen LogP contribution in [0.15, 0.2) is 94.7 Å². The molecule has 2 aromatic carbocycles. The Bertz CT molecular complexity index is 2540. The molecular formula is C55H72ClN2O9S+. The van der Waals surface area contributed by atoms with Crippen LogP contribution in [0.3, 0.4) is 0 Å². The van der Waals surface area contributed by atoms with Gasteiger partial charge in [-0.3, -0.25) is 9.35 Å². The number of hydrogen-bond donors (Lipinski definition) is 1. The van der Waals surface area contributed by atoms with Gasteiger partial charge in [0.05, 0.1) is 11.2 Å². The van der Waals surface area contributed by atoms with E-state index in [1.165, 1.54) is 22.5 Å². The highest BCUT2D eigenvalue weighted by Gasteiger charge is 2.70. The van der Waals surface area contributed by atoms with Crippen LogP contribution in [0.2, 0.25) is 0 Å². The van der Waals surface area contributed by atoms with Crippen molar-refractivity contribution in [3.8, 4) is 0 Å². The van der Waals surface area contributed by atoms with E-state index in [9.17, 15) is 17.8 Å². The third kappa shape index (κ3) is 9.25. The molecule has 0 radical (unpaired) electrons. The summed E-state index contributed by atoms with van der Waals surface area (Å²) in [7, 11) is -4.01. The number of nitrogens with zero attached hydrogens (tertiary/aromatic N) is 2. The average Bonchev–Trinajstić information content (AvgIpc) is 3.48. The Balaban J connectivity index is 0.863. The Morgan fingerprint density at radius 3 is 2.44 bits per heavy atom. The minimum atomic E-state index is -4.01. The molecule has 5 fully saturated rings. The van der Waals surface area contributed by atoms with E-state index in [2.05, 4.69) is 118 Å². The lowest BCUT2D eigenvalue weighted by molar-refractivity contribution is -0.576. The average molecular weight is 973 g/mol. The van der Waals surface area contributed by atoms with Crippen LogP contribution >= 0.6 is 11.6 Å². The molecule has 2 bridgehead atoms. The maximum Gasteiger partial charge on any atom is 0.308 e. The Morgan fingerprint density at radius 1 is 0.882 bits per heavy atom. The summed E-state index contributed by atoms with van der Waals surface area (Å²) in [6.07, 6.45) is 17.8. The molecule has 6 aliphatic heterocycles. The number of allylic oxidation sites excluding steroid dienone is 8. The summed E-state index contributed by atoms with van der Waals surface area (Å²) in [5, 5.41) is 0.792. The fourth-order valence-corrected chi connectivity index (χ4v) is 13.7. The van der Waals surface area contributed by atoms with Crippen molar-refractivity contribution < 1.29 is 46.3 Å². The van der Waals surface area contributed by atoms with Crippen LogP contribution in [0.4, 0.5) is 11.4 Å². The van der Waals surface area contributed by atoms with Crippen LogP contribution in [0.5, 0.6) is 0 Å². The zero-order valence-corrected chi connectivity index (χ0v) is 42.7. The van der Waals surface area contributed by atoms with Gasteiger partial charge in [0.25, 0.3) is 10.1 Å². The lowest BCUT2D eigenvalue weighted by Crippen LogP contribution is -2.70. The summed E-state index contributed by atoms with van der Waals surface area (Å²) in [6.45, 7) is 16.8. The predicted octanol–water partition coefficient (Wildman–Crippen LogP) is 11.9. The van der Waals surface area contributed by atoms with E-state index in [1.54, 1.807) is 0 Å². The Labute approximate surface area is 409 Å². The largest absolute Gasteiger partial charge is 0.435 e. The first-order chi connectivity index (χ1) is 32.3. The smallest absolute Gasteiger partial charge is 0.308 e. The molecule has 368 valence electrons. The first kappa shape index (κ1) is 49.4. The number of carbonyl (C=O) groups is 1. The molecule has 68 heavy (non-hydrogen) atoms. The summed E-state index contributed by atoms with van der Waals surface area (Å²) in [5.74, 6) is -0.596. The molecule has 8 aliphatic rings. The Morgan fingerprint density at radius 2 is 1.65 bits per heavy atom. The van der Waals surface area contributed by atoms with Crippen molar-refractivity contribution in [2.24, 2.45) is 23.7 Å². The van der Waals surface area contributed by atoms with Crippen molar-refractivity contribution in [3.05, 3.63) is 106 Å². The molecule has 10 rings (SSSR count). The summed E-state index contributed by atoms with van der Waals surface area (Å²) in [5.41, 5.74) is 8.26. The van der Waals surface area contributed by atoms with Crippen LogP contribution < -0.4 is 4.90 Å².